The fraction of sp³-hybridized carbons (Fsp3) is 0.818. The third-order valence-corrected chi connectivity index (χ3v) is 3.30. The van der Waals surface area contributed by atoms with Crippen LogP contribution in [0.3, 0.4) is 0 Å². The molecule has 0 aromatic carbocycles. The maximum atomic E-state index is 9.22. The second kappa shape index (κ2) is 6.59. The lowest BCUT2D eigenvalue weighted by Crippen LogP contribution is -2.32. The minimum absolute atomic E-state index is 0.349. The highest BCUT2D eigenvalue weighted by molar-refractivity contribution is 9.11. The molecule has 1 rings (SSSR count). The van der Waals surface area contributed by atoms with Gasteiger partial charge in [0.25, 0.3) is 0 Å². The number of hydrogen-bond donors (Lipinski definition) is 2. The molecule has 1 fully saturated rings. The molecule has 1 aliphatic rings. The van der Waals surface area contributed by atoms with E-state index in [-0.39, 0.29) is 0 Å². The fourth-order valence-corrected chi connectivity index (χ4v) is 2.38. The summed E-state index contributed by atoms with van der Waals surface area (Å²) in [6, 6.07) is 0. The van der Waals surface area contributed by atoms with Crippen molar-refractivity contribution in [2.45, 2.75) is 25.7 Å². The SMILES string of the molecule is C=C(Br)CNCC1CCCCC1CO. The lowest BCUT2D eigenvalue weighted by molar-refractivity contribution is 0.134. The maximum absolute atomic E-state index is 9.22. The number of rotatable bonds is 5. The number of hydrogen-bond acceptors (Lipinski definition) is 2. The summed E-state index contributed by atoms with van der Waals surface area (Å²) in [5.74, 6) is 1.17. The van der Waals surface area contributed by atoms with Crippen molar-refractivity contribution in [3.05, 3.63) is 11.1 Å². The molecule has 3 heteroatoms. The minimum Gasteiger partial charge on any atom is -0.396 e. The van der Waals surface area contributed by atoms with Crippen LogP contribution in [0.15, 0.2) is 11.1 Å². The molecule has 0 bridgehead atoms. The van der Waals surface area contributed by atoms with Gasteiger partial charge in [-0.15, -0.1) is 0 Å². The first-order chi connectivity index (χ1) is 6.74. The van der Waals surface area contributed by atoms with E-state index in [0.29, 0.717) is 18.4 Å². The molecule has 0 aliphatic heterocycles. The van der Waals surface area contributed by atoms with E-state index in [1.807, 2.05) is 0 Å². The smallest absolute Gasteiger partial charge is 0.0462 e. The number of aliphatic hydroxyl groups excluding tert-OH is 1. The summed E-state index contributed by atoms with van der Waals surface area (Å²) in [5, 5.41) is 12.6. The predicted molar refractivity (Wildman–Crippen MR) is 63.5 cm³/mol. The van der Waals surface area contributed by atoms with E-state index >= 15 is 0 Å². The molecule has 0 aromatic heterocycles. The molecule has 0 radical (unpaired) electrons. The molecular weight excluding hydrogens is 242 g/mol. The molecule has 1 saturated carbocycles. The summed E-state index contributed by atoms with van der Waals surface area (Å²) in [4.78, 5) is 0. The van der Waals surface area contributed by atoms with E-state index in [1.54, 1.807) is 0 Å². The average Bonchev–Trinajstić information content (AvgIpc) is 2.18. The van der Waals surface area contributed by atoms with Crippen molar-refractivity contribution in [3.8, 4) is 0 Å². The summed E-state index contributed by atoms with van der Waals surface area (Å²) in [6.45, 7) is 5.97. The number of nitrogens with one attached hydrogen (secondary N) is 1. The number of halogens is 1. The van der Waals surface area contributed by atoms with Crippen LogP contribution in [0.1, 0.15) is 25.7 Å². The summed E-state index contributed by atoms with van der Waals surface area (Å²) in [5.41, 5.74) is 0. The zero-order valence-corrected chi connectivity index (χ0v) is 10.2. The molecule has 82 valence electrons. The second-order valence-corrected chi connectivity index (χ2v) is 5.26. The van der Waals surface area contributed by atoms with Crippen molar-refractivity contribution in [2.75, 3.05) is 19.7 Å². The Hall–Kier alpha value is 0.140. The Bertz CT molecular complexity index is 184. The van der Waals surface area contributed by atoms with Gasteiger partial charge >= 0.3 is 0 Å². The van der Waals surface area contributed by atoms with Gasteiger partial charge in [-0.3, -0.25) is 0 Å². The Morgan fingerprint density at radius 2 is 2.00 bits per heavy atom. The quantitative estimate of drug-likeness (QED) is 0.796. The fourth-order valence-electron chi connectivity index (χ4n) is 2.19. The molecular formula is C11H20BrNO. The van der Waals surface area contributed by atoms with Crippen LogP contribution in [-0.4, -0.2) is 24.8 Å². The summed E-state index contributed by atoms with van der Waals surface area (Å²) in [7, 11) is 0. The van der Waals surface area contributed by atoms with Crippen LogP contribution < -0.4 is 5.32 Å². The van der Waals surface area contributed by atoms with E-state index in [2.05, 4.69) is 27.8 Å². The largest absolute Gasteiger partial charge is 0.396 e. The third kappa shape index (κ3) is 4.11. The van der Waals surface area contributed by atoms with E-state index in [1.165, 1.54) is 25.7 Å². The van der Waals surface area contributed by atoms with Crippen molar-refractivity contribution >= 4 is 15.9 Å². The van der Waals surface area contributed by atoms with E-state index in [9.17, 15) is 5.11 Å². The summed E-state index contributed by atoms with van der Waals surface area (Å²) >= 11 is 3.33. The second-order valence-electron chi connectivity index (χ2n) is 4.14. The van der Waals surface area contributed by atoms with Crippen molar-refractivity contribution < 1.29 is 5.11 Å². The molecule has 0 saturated heterocycles. The summed E-state index contributed by atoms with van der Waals surface area (Å²) in [6.07, 6.45) is 5.05. The van der Waals surface area contributed by atoms with E-state index in [4.69, 9.17) is 0 Å². The van der Waals surface area contributed by atoms with Crippen molar-refractivity contribution in [1.29, 1.82) is 0 Å². The Morgan fingerprint density at radius 3 is 2.57 bits per heavy atom. The van der Waals surface area contributed by atoms with Crippen LogP contribution >= 0.6 is 15.9 Å². The zero-order chi connectivity index (χ0) is 10.4. The highest BCUT2D eigenvalue weighted by Gasteiger charge is 2.23. The van der Waals surface area contributed by atoms with Crippen LogP contribution in [-0.2, 0) is 0 Å². The van der Waals surface area contributed by atoms with Crippen LogP contribution in [0.4, 0.5) is 0 Å². The van der Waals surface area contributed by atoms with Crippen LogP contribution in [0.5, 0.6) is 0 Å². The Morgan fingerprint density at radius 1 is 1.36 bits per heavy atom. The topological polar surface area (TPSA) is 32.3 Å². The minimum atomic E-state index is 0.349. The van der Waals surface area contributed by atoms with Gasteiger partial charge in [0, 0.05) is 17.6 Å². The molecule has 1 aliphatic carbocycles. The van der Waals surface area contributed by atoms with Crippen molar-refractivity contribution in [2.24, 2.45) is 11.8 Å². The lowest BCUT2D eigenvalue weighted by atomic mass is 9.79. The van der Waals surface area contributed by atoms with Gasteiger partial charge in [-0.1, -0.05) is 35.4 Å². The van der Waals surface area contributed by atoms with Crippen LogP contribution in [0, 0.1) is 11.8 Å². The highest BCUT2D eigenvalue weighted by Crippen LogP contribution is 2.29. The first kappa shape index (κ1) is 12.2. The molecule has 0 amide bonds. The normalized spacial score (nSPS) is 27.6. The van der Waals surface area contributed by atoms with Crippen LogP contribution in [0.25, 0.3) is 0 Å². The molecule has 2 atom stereocenters. The first-order valence-electron chi connectivity index (χ1n) is 5.39. The number of aliphatic hydroxyl groups is 1. The molecule has 2 nitrogen and oxygen atoms in total. The zero-order valence-electron chi connectivity index (χ0n) is 8.64. The average molecular weight is 262 g/mol. The third-order valence-electron chi connectivity index (χ3n) is 3.02. The monoisotopic (exact) mass is 261 g/mol. The molecule has 0 spiro atoms. The van der Waals surface area contributed by atoms with Gasteiger partial charge < -0.3 is 10.4 Å². The Kier molecular flexibility index (Phi) is 5.75. The molecule has 2 N–H and O–H groups in total. The van der Waals surface area contributed by atoms with E-state index < -0.39 is 0 Å². The van der Waals surface area contributed by atoms with Gasteiger partial charge in [0.15, 0.2) is 0 Å². The molecule has 14 heavy (non-hydrogen) atoms. The highest BCUT2D eigenvalue weighted by atomic mass is 79.9. The predicted octanol–water partition coefficient (Wildman–Crippen LogP) is 2.28. The Labute approximate surface area is 94.9 Å². The lowest BCUT2D eigenvalue weighted by Gasteiger charge is -2.30. The molecule has 0 aromatic rings. The van der Waals surface area contributed by atoms with Gasteiger partial charge in [0.2, 0.25) is 0 Å². The maximum Gasteiger partial charge on any atom is 0.0462 e. The van der Waals surface area contributed by atoms with Crippen molar-refractivity contribution in [3.63, 3.8) is 0 Å². The van der Waals surface area contributed by atoms with Gasteiger partial charge in [0.1, 0.15) is 0 Å². The van der Waals surface area contributed by atoms with E-state index in [0.717, 1.165) is 17.6 Å². The molecule has 0 heterocycles. The van der Waals surface area contributed by atoms with Crippen molar-refractivity contribution in [1.82, 2.24) is 5.32 Å². The first-order valence-corrected chi connectivity index (χ1v) is 6.18. The summed E-state index contributed by atoms with van der Waals surface area (Å²) < 4.78 is 0.994. The standard InChI is InChI=1S/C11H20BrNO/c1-9(12)6-13-7-10-4-2-3-5-11(10)8-14/h10-11,13-14H,1-8H2. The van der Waals surface area contributed by atoms with Gasteiger partial charge in [0.05, 0.1) is 0 Å². The Balaban J connectivity index is 2.22. The van der Waals surface area contributed by atoms with Gasteiger partial charge in [-0.05, 0) is 31.2 Å². The van der Waals surface area contributed by atoms with Gasteiger partial charge in [-0.2, -0.15) is 0 Å². The van der Waals surface area contributed by atoms with Gasteiger partial charge in [-0.25, -0.2) is 0 Å². The van der Waals surface area contributed by atoms with Crippen LogP contribution in [0.2, 0.25) is 0 Å². The molecule has 2 unspecified atom stereocenters.